The fourth-order valence-corrected chi connectivity index (χ4v) is 1.32. The van der Waals surface area contributed by atoms with Crippen molar-refractivity contribution in [3.63, 3.8) is 0 Å². The summed E-state index contributed by atoms with van der Waals surface area (Å²) in [6.45, 7) is -0.489. The van der Waals surface area contributed by atoms with Crippen LogP contribution in [-0.2, 0) is 0 Å². The lowest BCUT2D eigenvalue weighted by molar-refractivity contribution is 0.0931. The average Bonchev–Trinajstić information content (AvgIpc) is 2.19. The predicted molar refractivity (Wildman–Crippen MR) is 51.7 cm³/mol. The second-order valence-corrected chi connectivity index (χ2v) is 3.18. The molecule has 78 valence electrons. The molecule has 0 saturated heterocycles. The summed E-state index contributed by atoms with van der Waals surface area (Å²) < 4.78 is 4.83. The number of phenols is 1. The first kappa shape index (κ1) is 11.1. The molecule has 0 aromatic heterocycles. The van der Waals surface area contributed by atoms with Crippen molar-refractivity contribution in [1.29, 1.82) is 0 Å². The molecule has 0 bridgehead atoms. The lowest BCUT2D eigenvalue weighted by atomic mass is 10.1. The third-order valence-corrected chi connectivity index (χ3v) is 2.04. The van der Waals surface area contributed by atoms with Crippen molar-refractivity contribution in [2.45, 2.75) is 6.10 Å². The van der Waals surface area contributed by atoms with Gasteiger partial charge in [0.05, 0.1) is 13.7 Å². The number of benzene rings is 1. The molecule has 0 aliphatic heterocycles. The number of rotatable bonds is 3. The van der Waals surface area contributed by atoms with E-state index in [-0.39, 0.29) is 17.1 Å². The van der Waals surface area contributed by atoms with E-state index >= 15 is 0 Å². The molecule has 0 fully saturated rings. The molecule has 1 aromatic carbocycles. The molecule has 0 spiro atoms. The van der Waals surface area contributed by atoms with Gasteiger partial charge in [0, 0.05) is 16.7 Å². The van der Waals surface area contributed by atoms with E-state index in [2.05, 4.69) is 0 Å². The van der Waals surface area contributed by atoms with E-state index < -0.39 is 12.7 Å². The molecule has 5 heteroatoms. The van der Waals surface area contributed by atoms with E-state index in [4.69, 9.17) is 21.4 Å². The molecule has 1 rings (SSSR count). The van der Waals surface area contributed by atoms with E-state index in [0.29, 0.717) is 5.02 Å². The number of aliphatic hydroxyl groups excluding tert-OH is 2. The molecule has 0 heterocycles. The maximum absolute atomic E-state index is 9.56. The quantitative estimate of drug-likeness (QED) is 0.710. The zero-order valence-electron chi connectivity index (χ0n) is 7.57. The van der Waals surface area contributed by atoms with Crippen LogP contribution in [0.2, 0.25) is 5.02 Å². The summed E-state index contributed by atoms with van der Waals surface area (Å²) in [7, 11) is 1.38. The summed E-state index contributed by atoms with van der Waals surface area (Å²) in [5.74, 6) is -0.0431. The van der Waals surface area contributed by atoms with E-state index in [1.807, 2.05) is 0 Å². The summed E-state index contributed by atoms with van der Waals surface area (Å²) in [4.78, 5) is 0. The van der Waals surface area contributed by atoms with Crippen molar-refractivity contribution in [3.8, 4) is 11.5 Å². The van der Waals surface area contributed by atoms with Gasteiger partial charge in [-0.15, -0.1) is 0 Å². The Labute approximate surface area is 86.3 Å². The first-order chi connectivity index (χ1) is 6.60. The Hall–Kier alpha value is -0.970. The Morgan fingerprint density at radius 3 is 2.64 bits per heavy atom. The number of phenolic OH excluding ortho intramolecular Hbond substituents is 1. The van der Waals surface area contributed by atoms with Crippen LogP contribution in [0.5, 0.6) is 11.5 Å². The molecule has 1 atom stereocenters. The van der Waals surface area contributed by atoms with Gasteiger partial charge < -0.3 is 20.1 Å². The standard InChI is InChI=1S/C9H11ClO4/c1-14-8-3-5(10)2-6(9(8)13)7(12)4-11/h2-3,7,11-13H,4H2,1H3. The van der Waals surface area contributed by atoms with Gasteiger partial charge in [-0.3, -0.25) is 0 Å². The summed E-state index contributed by atoms with van der Waals surface area (Å²) >= 11 is 5.72. The summed E-state index contributed by atoms with van der Waals surface area (Å²) in [6.07, 6.45) is -1.16. The average molecular weight is 219 g/mol. The molecule has 1 aromatic rings. The van der Waals surface area contributed by atoms with Gasteiger partial charge in [-0.05, 0) is 6.07 Å². The zero-order chi connectivity index (χ0) is 10.7. The minimum absolute atomic E-state index is 0.150. The number of ether oxygens (including phenoxy) is 1. The van der Waals surface area contributed by atoms with Crippen LogP contribution in [0.3, 0.4) is 0 Å². The smallest absolute Gasteiger partial charge is 0.163 e. The summed E-state index contributed by atoms with van der Waals surface area (Å²) in [6, 6.07) is 2.80. The highest BCUT2D eigenvalue weighted by Crippen LogP contribution is 2.36. The molecule has 0 saturated carbocycles. The molecule has 0 radical (unpaired) electrons. The minimum atomic E-state index is -1.16. The van der Waals surface area contributed by atoms with Gasteiger partial charge in [-0.25, -0.2) is 0 Å². The van der Waals surface area contributed by atoms with Gasteiger partial charge in [0.25, 0.3) is 0 Å². The Morgan fingerprint density at radius 2 is 2.14 bits per heavy atom. The van der Waals surface area contributed by atoms with Crippen molar-refractivity contribution in [3.05, 3.63) is 22.7 Å². The van der Waals surface area contributed by atoms with Crippen molar-refractivity contribution < 1.29 is 20.1 Å². The summed E-state index contributed by atoms with van der Waals surface area (Å²) in [5.41, 5.74) is 0.150. The molecule has 14 heavy (non-hydrogen) atoms. The van der Waals surface area contributed by atoms with Gasteiger partial charge in [-0.1, -0.05) is 11.6 Å². The van der Waals surface area contributed by atoms with E-state index in [9.17, 15) is 10.2 Å². The molecule has 3 N–H and O–H groups in total. The monoisotopic (exact) mass is 218 g/mol. The Bertz CT molecular complexity index is 327. The number of hydrogen-bond donors (Lipinski definition) is 3. The number of methoxy groups -OCH3 is 1. The maximum Gasteiger partial charge on any atom is 0.163 e. The van der Waals surface area contributed by atoms with Crippen LogP contribution < -0.4 is 4.74 Å². The van der Waals surface area contributed by atoms with Gasteiger partial charge in [-0.2, -0.15) is 0 Å². The van der Waals surface area contributed by atoms with Crippen LogP contribution in [-0.4, -0.2) is 29.0 Å². The lowest BCUT2D eigenvalue weighted by Gasteiger charge is -2.13. The van der Waals surface area contributed by atoms with E-state index in [1.165, 1.54) is 19.2 Å². The lowest BCUT2D eigenvalue weighted by Crippen LogP contribution is -2.03. The fourth-order valence-electron chi connectivity index (χ4n) is 1.10. The molecule has 4 nitrogen and oxygen atoms in total. The van der Waals surface area contributed by atoms with Gasteiger partial charge in [0.1, 0.15) is 6.10 Å². The van der Waals surface area contributed by atoms with E-state index in [0.717, 1.165) is 0 Å². The second kappa shape index (κ2) is 4.50. The highest BCUT2D eigenvalue weighted by molar-refractivity contribution is 6.30. The molecule has 0 amide bonds. The highest BCUT2D eigenvalue weighted by Gasteiger charge is 2.16. The second-order valence-electron chi connectivity index (χ2n) is 2.74. The van der Waals surface area contributed by atoms with Crippen LogP contribution in [0.4, 0.5) is 0 Å². The first-order valence-electron chi connectivity index (χ1n) is 3.95. The number of aliphatic hydroxyl groups is 2. The molecular formula is C9H11ClO4. The number of hydrogen-bond acceptors (Lipinski definition) is 4. The highest BCUT2D eigenvalue weighted by atomic mass is 35.5. The van der Waals surface area contributed by atoms with Crippen LogP contribution in [0.15, 0.2) is 12.1 Å². The van der Waals surface area contributed by atoms with Crippen molar-refractivity contribution in [1.82, 2.24) is 0 Å². The largest absolute Gasteiger partial charge is 0.504 e. The SMILES string of the molecule is COc1cc(Cl)cc(C(O)CO)c1O. The summed E-state index contributed by atoms with van der Waals surface area (Å²) in [5, 5.41) is 27.9. The van der Waals surface area contributed by atoms with Gasteiger partial charge >= 0.3 is 0 Å². The minimum Gasteiger partial charge on any atom is -0.504 e. The fraction of sp³-hybridized carbons (Fsp3) is 0.333. The molecule has 0 aliphatic rings. The van der Waals surface area contributed by atoms with Crippen LogP contribution in [0.25, 0.3) is 0 Å². The Morgan fingerprint density at radius 1 is 1.50 bits per heavy atom. The molecular weight excluding hydrogens is 208 g/mol. The number of halogens is 1. The van der Waals surface area contributed by atoms with Crippen molar-refractivity contribution in [2.24, 2.45) is 0 Å². The third-order valence-electron chi connectivity index (χ3n) is 1.82. The van der Waals surface area contributed by atoms with Gasteiger partial charge in [0.15, 0.2) is 11.5 Å². The van der Waals surface area contributed by atoms with Gasteiger partial charge in [0.2, 0.25) is 0 Å². The first-order valence-corrected chi connectivity index (χ1v) is 4.33. The zero-order valence-corrected chi connectivity index (χ0v) is 8.32. The van der Waals surface area contributed by atoms with Crippen LogP contribution in [0.1, 0.15) is 11.7 Å². The maximum atomic E-state index is 9.56. The van der Waals surface area contributed by atoms with Crippen LogP contribution in [0, 0.1) is 0 Å². The topological polar surface area (TPSA) is 69.9 Å². The predicted octanol–water partition coefficient (Wildman–Crippen LogP) is 1.08. The third kappa shape index (κ3) is 2.09. The molecule has 1 unspecified atom stereocenters. The van der Waals surface area contributed by atoms with Crippen LogP contribution >= 0.6 is 11.6 Å². The Balaban J connectivity index is 3.21. The Kier molecular flexibility index (Phi) is 3.57. The van der Waals surface area contributed by atoms with E-state index in [1.54, 1.807) is 0 Å². The number of aromatic hydroxyl groups is 1. The van der Waals surface area contributed by atoms with Crippen molar-refractivity contribution >= 4 is 11.6 Å². The molecule has 0 aliphatic carbocycles. The normalized spacial score (nSPS) is 12.6. The van der Waals surface area contributed by atoms with Crippen molar-refractivity contribution in [2.75, 3.05) is 13.7 Å².